The van der Waals surface area contributed by atoms with E-state index in [0.29, 0.717) is 19.7 Å². The molecule has 110 valence electrons. The molecule has 6 heteroatoms. The van der Waals surface area contributed by atoms with Crippen molar-refractivity contribution in [3.63, 3.8) is 0 Å². The predicted molar refractivity (Wildman–Crippen MR) is 71.1 cm³/mol. The molecule has 1 unspecified atom stereocenters. The van der Waals surface area contributed by atoms with Gasteiger partial charge in [0.05, 0.1) is 19.1 Å². The molecular weight excluding hydrogens is 248 g/mol. The van der Waals surface area contributed by atoms with Crippen LogP contribution in [0.5, 0.6) is 0 Å². The number of carboxylic acid groups (broad SMARTS) is 1. The number of amides is 2. The fourth-order valence-electron chi connectivity index (χ4n) is 2.24. The van der Waals surface area contributed by atoms with Crippen molar-refractivity contribution < 1.29 is 19.4 Å². The molecule has 1 fully saturated rings. The molecule has 0 bridgehead atoms. The van der Waals surface area contributed by atoms with Crippen molar-refractivity contribution >= 4 is 12.0 Å². The van der Waals surface area contributed by atoms with Crippen LogP contribution in [-0.4, -0.2) is 65.8 Å². The summed E-state index contributed by atoms with van der Waals surface area (Å²) in [4.78, 5) is 26.3. The number of carbonyl (C=O) groups is 2. The maximum absolute atomic E-state index is 12.2. The van der Waals surface area contributed by atoms with Crippen LogP contribution in [-0.2, 0) is 9.53 Å². The number of hydrogen-bond donors (Lipinski definition) is 1. The summed E-state index contributed by atoms with van der Waals surface area (Å²) in [6, 6.07) is -0.269. The Morgan fingerprint density at radius 2 is 2.16 bits per heavy atom. The molecule has 6 nitrogen and oxygen atoms in total. The summed E-state index contributed by atoms with van der Waals surface area (Å²) in [5.74, 6) is -0.851. The van der Waals surface area contributed by atoms with Gasteiger partial charge in [0.1, 0.15) is 0 Å². The normalized spacial score (nSPS) is 18.9. The van der Waals surface area contributed by atoms with Crippen molar-refractivity contribution in [1.29, 1.82) is 0 Å². The highest BCUT2D eigenvalue weighted by atomic mass is 16.5. The lowest BCUT2D eigenvalue weighted by Crippen LogP contribution is -2.45. The summed E-state index contributed by atoms with van der Waals surface area (Å²) >= 11 is 0. The molecule has 0 aromatic heterocycles. The van der Waals surface area contributed by atoms with E-state index in [9.17, 15) is 9.59 Å². The molecule has 0 aromatic carbocycles. The Morgan fingerprint density at radius 1 is 1.47 bits per heavy atom. The van der Waals surface area contributed by atoms with Crippen LogP contribution in [0.4, 0.5) is 4.79 Å². The van der Waals surface area contributed by atoms with E-state index in [1.54, 1.807) is 16.8 Å². The van der Waals surface area contributed by atoms with Gasteiger partial charge in [-0.1, -0.05) is 0 Å². The predicted octanol–water partition coefficient (Wildman–Crippen LogP) is 1.40. The quantitative estimate of drug-likeness (QED) is 0.793. The van der Waals surface area contributed by atoms with Crippen molar-refractivity contribution in [3.05, 3.63) is 0 Å². The van der Waals surface area contributed by atoms with Crippen molar-refractivity contribution in [1.82, 2.24) is 9.80 Å². The van der Waals surface area contributed by atoms with E-state index in [1.165, 1.54) is 0 Å². The molecule has 1 aliphatic rings. The average Bonchev–Trinajstić information content (AvgIpc) is 2.74. The Hall–Kier alpha value is -1.30. The van der Waals surface area contributed by atoms with Crippen LogP contribution in [0.3, 0.4) is 0 Å². The summed E-state index contributed by atoms with van der Waals surface area (Å²) in [6.07, 6.45) is 1.83. The van der Waals surface area contributed by atoms with E-state index in [2.05, 4.69) is 0 Å². The Bertz CT molecular complexity index is 320. The van der Waals surface area contributed by atoms with Crippen LogP contribution < -0.4 is 0 Å². The van der Waals surface area contributed by atoms with Gasteiger partial charge in [-0.05, 0) is 26.7 Å². The monoisotopic (exact) mass is 272 g/mol. The topological polar surface area (TPSA) is 70.1 Å². The Balaban J connectivity index is 2.44. The van der Waals surface area contributed by atoms with Crippen LogP contribution in [0.25, 0.3) is 0 Å². The number of ether oxygens (including phenoxy) is 1. The molecule has 1 rings (SSSR count). The fourth-order valence-corrected chi connectivity index (χ4v) is 2.24. The molecule has 0 saturated carbocycles. The highest BCUT2D eigenvalue weighted by Gasteiger charge is 2.31. The number of likely N-dealkylation sites (N-methyl/N-ethyl adjacent to an activating group) is 1. The van der Waals surface area contributed by atoms with E-state index in [0.717, 1.165) is 12.8 Å². The number of rotatable bonds is 6. The van der Waals surface area contributed by atoms with Crippen molar-refractivity contribution in [2.24, 2.45) is 0 Å². The first kappa shape index (κ1) is 15.8. The van der Waals surface area contributed by atoms with Gasteiger partial charge in [-0.2, -0.15) is 0 Å². The van der Waals surface area contributed by atoms with E-state index in [4.69, 9.17) is 9.84 Å². The Labute approximate surface area is 114 Å². The first-order valence-electron chi connectivity index (χ1n) is 6.77. The molecule has 1 N–H and O–H groups in total. The minimum Gasteiger partial charge on any atom is -0.481 e. The first-order chi connectivity index (χ1) is 8.91. The van der Waals surface area contributed by atoms with Crippen molar-refractivity contribution in [2.45, 2.75) is 45.3 Å². The first-order valence-corrected chi connectivity index (χ1v) is 6.77. The highest BCUT2D eigenvalue weighted by molar-refractivity contribution is 5.76. The van der Waals surface area contributed by atoms with E-state index in [-0.39, 0.29) is 24.6 Å². The molecule has 1 atom stereocenters. The number of carbonyl (C=O) groups excluding carboxylic acids is 1. The second-order valence-corrected chi connectivity index (χ2v) is 5.21. The number of hydrogen-bond acceptors (Lipinski definition) is 3. The van der Waals surface area contributed by atoms with Gasteiger partial charge in [-0.3, -0.25) is 4.79 Å². The van der Waals surface area contributed by atoms with Crippen LogP contribution >= 0.6 is 0 Å². The highest BCUT2D eigenvalue weighted by Crippen LogP contribution is 2.21. The van der Waals surface area contributed by atoms with Gasteiger partial charge in [-0.25, -0.2) is 4.79 Å². The van der Waals surface area contributed by atoms with Crippen LogP contribution in [0.1, 0.15) is 33.1 Å². The van der Waals surface area contributed by atoms with E-state index in [1.807, 2.05) is 13.8 Å². The molecule has 1 aliphatic heterocycles. The van der Waals surface area contributed by atoms with Gasteiger partial charge in [0.25, 0.3) is 0 Å². The van der Waals surface area contributed by atoms with Gasteiger partial charge in [0.2, 0.25) is 0 Å². The summed E-state index contributed by atoms with van der Waals surface area (Å²) in [5.41, 5.74) is 0. The Kier molecular flexibility index (Phi) is 6.08. The molecule has 0 aromatic rings. The average molecular weight is 272 g/mol. The molecule has 19 heavy (non-hydrogen) atoms. The number of aliphatic carboxylic acids is 1. The van der Waals surface area contributed by atoms with Gasteiger partial charge in [-0.15, -0.1) is 0 Å². The number of likely N-dealkylation sites (tertiary alicyclic amines) is 1. The van der Waals surface area contributed by atoms with Gasteiger partial charge in [0, 0.05) is 26.2 Å². The van der Waals surface area contributed by atoms with Gasteiger partial charge < -0.3 is 19.6 Å². The van der Waals surface area contributed by atoms with Crippen LogP contribution in [0, 0.1) is 0 Å². The lowest BCUT2D eigenvalue weighted by molar-refractivity contribution is -0.138. The largest absolute Gasteiger partial charge is 0.481 e. The zero-order valence-corrected chi connectivity index (χ0v) is 12.0. The van der Waals surface area contributed by atoms with Gasteiger partial charge >= 0.3 is 12.0 Å². The maximum Gasteiger partial charge on any atom is 0.320 e. The molecule has 1 heterocycles. The zero-order chi connectivity index (χ0) is 14.4. The minimum absolute atomic E-state index is 0.0298. The fraction of sp³-hybridized carbons (Fsp3) is 0.846. The summed E-state index contributed by atoms with van der Waals surface area (Å²) in [7, 11) is 1.72. The summed E-state index contributed by atoms with van der Waals surface area (Å²) in [5, 5.41) is 8.84. The van der Waals surface area contributed by atoms with E-state index >= 15 is 0 Å². The lowest BCUT2D eigenvalue weighted by atomic mass is 10.1. The SMILES string of the molecule is CC(C)OCCN(C)C(=O)N1CCCC1CC(=O)O. The van der Waals surface area contributed by atoms with Crippen LogP contribution in [0.2, 0.25) is 0 Å². The number of carboxylic acids is 1. The molecule has 2 amide bonds. The lowest BCUT2D eigenvalue weighted by Gasteiger charge is -2.29. The molecule has 0 aliphatic carbocycles. The summed E-state index contributed by atoms with van der Waals surface area (Å²) in [6.45, 7) is 5.56. The van der Waals surface area contributed by atoms with E-state index < -0.39 is 5.97 Å². The standard InChI is InChI=1S/C13H24N2O4/c1-10(2)19-8-7-14(3)13(18)15-6-4-5-11(15)9-12(16)17/h10-11H,4-9H2,1-3H3,(H,16,17). The minimum atomic E-state index is -0.851. The van der Waals surface area contributed by atoms with Crippen molar-refractivity contribution in [3.8, 4) is 0 Å². The second kappa shape index (κ2) is 7.33. The van der Waals surface area contributed by atoms with Crippen LogP contribution in [0.15, 0.2) is 0 Å². The van der Waals surface area contributed by atoms with Gasteiger partial charge in [0.15, 0.2) is 0 Å². The third-order valence-corrected chi connectivity index (χ3v) is 3.24. The number of urea groups is 1. The number of nitrogens with zero attached hydrogens (tertiary/aromatic N) is 2. The summed E-state index contributed by atoms with van der Waals surface area (Å²) < 4.78 is 5.41. The third kappa shape index (κ3) is 5.06. The molecule has 0 radical (unpaired) electrons. The van der Waals surface area contributed by atoms with Crippen molar-refractivity contribution in [2.75, 3.05) is 26.7 Å². The molecular formula is C13H24N2O4. The molecule has 1 saturated heterocycles. The Morgan fingerprint density at radius 3 is 2.74 bits per heavy atom. The maximum atomic E-state index is 12.2. The zero-order valence-electron chi connectivity index (χ0n) is 12.0. The second-order valence-electron chi connectivity index (χ2n) is 5.21. The molecule has 0 spiro atoms. The smallest absolute Gasteiger partial charge is 0.320 e. The third-order valence-electron chi connectivity index (χ3n) is 3.24.